The van der Waals surface area contributed by atoms with Gasteiger partial charge in [0.1, 0.15) is 0 Å². The van der Waals surface area contributed by atoms with Crippen molar-refractivity contribution in [2.45, 2.75) is 19.8 Å². The van der Waals surface area contributed by atoms with Gasteiger partial charge in [-0.15, -0.1) is 12.4 Å². The predicted molar refractivity (Wildman–Crippen MR) is 63.2 cm³/mol. The van der Waals surface area contributed by atoms with Crippen molar-refractivity contribution in [2.24, 2.45) is 5.92 Å². The number of hydrogen-bond donors (Lipinski definition) is 1. The van der Waals surface area contributed by atoms with Crippen molar-refractivity contribution >= 4 is 18.3 Å². The minimum absolute atomic E-state index is 0. The summed E-state index contributed by atoms with van der Waals surface area (Å²) in [5.74, 6) is 0.915. The Morgan fingerprint density at radius 1 is 1.33 bits per heavy atom. The summed E-state index contributed by atoms with van der Waals surface area (Å²) >= 11 is 0. The summed E-state index contributed by atoms with van der Waals surface area (Å²) in [6, 6.07) is 0. The van der Waals surface area contributed by atoms with Crippen molar-refractivity contribution in [1.29, 1.82) is 0 Å². The van der Waals surface area contributed by atoms with Crippen LogP contribution in [0.3, 0.4) is 0 Å². The van der Waals surface area contributed by atoms with Gasteiger partial charge in [0.2, 0.25) is 5.91 Å². The second-order valence-electron chi connectivity index (χ2n) is 4.24. The van der Waals surface area contributed by atoms with Crippen molar-refractivity contribution < 1.29 is 4.79 Å². The monoisotopic (exact) mass is 230 g/mol. The number of carbonyl (C=O) groups is 1. The zero-order chi connectivity index (χ0) is 9.97. The average Bonchev–Trinajstić information content (AvgIpc) is 3.02. The molecule has 0 bridgehead atoms. The number of carbonyl (C=O) groups excluding carboxylic acids is 1. The number of nitrogens with one attached hydrogen (secondary N) is 1. The van der Waals surface area contributed by atoms with Gasteiger partial charge in [0.25, 0.3) is 0 Å². The third-order valence-corrected chi connectivity index (χ3v) is 3.00. The van der Waals surface area contributed by atoms with Gasteiger partial charge in [0.05, 0.1) is 0 Å². The first-order valence-corrected chi connectivity index (χ1v) is 5.45. The van der Waals surface area contributed by atoms with E-state index in [1.54, 1.807) is 0 Å². The molecule has 2 aliphatic rings. The number of nitrogens with zero attached hydrogens (tertiary/aromatic N) is 1. The highest BCUT2D eigenvalue weighted by Crippen LogP contribution is 2.35. The average molecular weight is 231 g/mol. The van der Waals surface area contributed by atoms with E-state index in [2.05, 4.69) is 12.2 Å². The number of piperazine rings is 1. The van der Waals surface area contributed by atoms with E-state index in [4.69, 9.17) is 0 Å². The van der Waals surface area contributed by atoms with E-state index in [-0.39, 0.29) is 18.3 Å². The largest absolute Gasteiger partial charge is 0.337 e. The molecule has 1 amide bonds. The fourth-order valence-electron chi connectivity index (χ4n) is 1.83. The molecule has 0 aromatic rings. The first-order chi connectivity index (χ1) is 6.77. The summed E-state index contributed by atoms with van der Waals surface area (Å²) in [4.78, 5) is 13.7. The molecule has 1 aliphatic heterocycles. The Balaban J connectivity index is 0.00000112. The molecule has 86 valence electrons. The molecule has 4 heteroatoms. The van der Waals surface area contributed by atoms with Gasteiger partial charge < -0.3 is 10.2 Å². The van der Waals surface area contributed by atoms with Crippen molar-refractivity contribution in [1.82, 2.24) is 10.2 Å². The number of rotatable bonds is 2. The Morgan fingerprint density at radius 2 is 1.93 bits per heavy atom. The molecule has 1 saturated heterocycles. The summed E-state index contributed by atoms with van der Waals surface area (Å²) in [7, 11) is 0. The van der Waals surface area contributed by atoms with Crippen LogP contribution in [-0.4, -0.2) is 37.0 Å². The van der Waals surface area contributed by atoms with Gasteiger partial charge in [-0.3, -0.25) is 4.79 Å². The maximum absolute atomic E-state index is 11.8. The standard InChI is InChI=1S/C11H18N2O.ClH/c1-9(10-2-3-10)8-11(14)13-6-4-12-5-7-13;/h8,10,12H,2-7H2,1H3;1H/b9-8+;. The molecule has 1 heterocycles. The van der Waals surface area contributed by atoms with Crippen molar-refractivity contribution in [2.75, 3.05) is 26.2 Å². The highest BCUT2D eigenvalue weighted by molar-refractivity contribution is 5.88. The normalized spacial score (nSPS) is 22.2. The minimum Gasteiger partial charge on any atom is -0.337 e. The van der Waals surface area contributed by atoms with Gasteiger partial charge in [-0.25, -0.2) is 0 Å². The van der Waals surface area contributed by atoms with Crippen LogP contribution in [-0.2, 0) is 4.79 Å². The van der Waals surface area contributed by atoms with Crippen LogP contribution in [0.4, 0.5) is 0 Å². The molecular formula is C11H19ClN2O. The first-order valence-electron chi connectivity index (χ1n) is 5.45. The molecule has 0 aromatic carbocycles. The molecule has 15 heavy (non-hydrogen) atoms. The molecule has 0 spiro atoms. The molecule has 0 aromatic heterocycles. The van der Waals surface area contributed by atoms with E-state index < -0.39 is 0 Å². The molecule has 0 atom stereocenters. The maximum atomic E-state index is 11.8. The Kier molecular flexibility index (Phi) is 4.61. The molecule has 1 saturated carbocycles. The third kappa shape index (κ3) is 3.50. The fourth-order valence-corrected chi connectivity index (χ4v) is 1.83. The highest BCUT2D eigenvalue weighted by Gasteiger charge is 2.24. The van der Waals surface area contributed by atoms with Crippen LogP contribution < -0.4 is 5.32 Å². The van der Waals surface area contributed by atoms with Crippen LogP contribution in [0.15, 0.2) is 11.6 Å². The lowest BCUT2D eigenvalue weighted by Gasteiger charge is -2.26. The quantitative estimate of drug-likeness (QED) is 0.723. The van der Waals surface area contributed by atoms with E-state index in [9.17, 15) is 4.79 Å². The van der Waals surface area contributed by atoms with E-state index in [0.717, 1.165) is 26.2 Å². The van der Waals surface area contributed by atoms with Gasteiger partial charge >= 0.3 is 0 Å². The van der Waals surface area contributed by atoms with Gasteiger partial charge in [-0.1, -0.05) is 5.57 Å². The van der Waals surface area contributed by atoms with E-state index >= 15 is 0 Å². The smallest absolute Gasteiger partial charge is 0.246 e. The van der Waals surface area contributed by atoms with E-state index in [1.807, 2.05) is 11.0 Å². The molecular weight excluding hydrogens is 212 g/mol. The summed E-state index contributed by atoms with van der Waals surface area (Å²) in [6.07, 6.45) is 4.39. The Labute approximate surface area is 97.3 Å². The summed E-state index contributed by atoms with van der Waals surface area (Å²) < 4.78 is 0. The lowest BCUT2D eigenvalue weighted by atomic mass is 10.2. The first kappa shape index (κ1) is 12.5. The predicted octanol–water partition coefficient (Wildman–Crippen LogP) is 1.20. The van der Waals surface area contributed by atoms with Crippen LogP contribution in [0, 0.1) is 5.92 Å². The molecule has 0 radical (unpaired) electrons. The van der Waals surface area contributed by atoms with E-state index in [0.29, 0.717) is 5.92 Å². The number of amides is 1. The van der Waals surface area contributed by atoms with Crippen LogP contribution >= 0.6 is 12.4 Å². The zero-order valence-corrected chi connectivity index (χ0v) is 9.98. The zero-order valence-electron chi connectivity index (χ0n) is 9.16. The van der Waals surface area contributed by atoms with Crippen LogP contribution in [0.2, 0.25) is 0 Å². The Bertz CT molecular complexity index is 255. The Morgan fingerprint density at radius 3 is 2.47 bits per heavy atom. The molecule has 1 N–H and O–H groups in total. The second kappa shape index (κ2) is 5.52. The summed E-state index contributed by atoms with van der Waals surface area (Å²) in [5.41, 5.74) is 1.27. The minimum atomic E-state index is 0. The summed E-state index contributed by atoms with van der Waals surface area (Å²) in [5, 5.41) is 3.24. The highest BCUT2D eigenvalue weighted by atomic mass is 35.5. The summed E-state index contributed by atoms with van der Waals surface area (Å²) in [6.45, 7) is 5.66. The lowest BCUT2D eigenvalue weighted by molar-refractivity contribution is -0.126. The molecule has 1 aliphatic carbocycles. The fraction of sp³-hybridized carbons (Fsp3) is 0.727. The van der Waals surface area contributed by atoms with Crippen molar-refractivity contribution in [3.63, 3.8) is 0 Å². The molecule has 2 rings (SSSR count). The topological polar surface area (TPSA) is 32.3 Å². The van der Waals surface area contributed by atoms with Gasteiger partial charge in [-0.2, -0.15) is 0 Å². The maximum Gasteiger partial charge on any atom is 0.246 e. The van der Waals surface area contributed by atoms with Crippen molar-refractivity contribution in [3.8, 4) is 0 Å². The van der Waals surface area contributed by atoms with Gasteiger partial charge in [0.15, 0.2) is 0 Å². The second-order valence-corrected chi connectivity index (χ2v) is 4.24. The van der Waals surface area contributed by atoms with Crippen LogP contribution in [0.5, 0.6) is 0 Å². The molecule has 3 nitrogen and oxygen atoms in total. The van der Waals surface area contributed by atoms with E-state index in [1.165, 1.54) is 18.4 Å². The van der Waals surface area contributed by atoms with Gasteiger partial charge in [-0.05, 0) is 25.7 Å². The Hall–Kier alpha value is -0.540. The molecule has 0 unspecified atom stereocenters. The number of allylic oxidation sites excluding steroid dienone is 1. The van der Waals surface area contributed by atoms with Gasteiger partial charge in [0, 0.05) is 32.3 Å². The number of halogens is 1. The van der Waals surface area contributed by atoms with Crippen LogP contribution in [0.25, 0.3) is 0 Å². The van der Waals surface area contributed by atoms with Crippen LogP contribution in [0.1, 0.15) is 19.8 Å². The SMILES string of the molecule is C/C(=C\C(=O)N1CCNCC1)C1CC1.Cl. The van der Waals surface area contributed by atoms with Crippen molar-refractivity contribution in [3.05, 3.63) is 11.6 Å². The molecule has 2 fully saturated rings. The third-order valence-electron chi connectivity index (χ3n) is 3.00. The lowest BCUT2D eigenvalue weighted by Crippen LogP contribution is -2.45. The number of hydrogen-bond acceptors (Lipinski definition) is 2.